The Hall–Kier alpha value is -1.27. The zero-order valence-electron chi connectivity index (χ0n) is 11.0. The van der Waals surface area contributed by atoms with Gasteiger partial charge in [-0.15, -0.1) is 0 Å². The molecular weight excluding hydrogens is 363 g/mol. The van der Waals surface area contributed by atoms with Gasteiger partial charge in [0.2, 0.25) is 15.9 Å². The van der Waals surface area contributed by atoms with Crippen LogP contribution in [0, 0.1) is 5.82 Å². The van der Waals surface area contributed by atoms with E-state index in [2.05, 4.69) is 4.18 Å². The highest BCUT2D eigenvalue weighted by Crippen LogP contribution is 2.40. The van der Waals surface area contributed by atoms with Crippen molar-refractivity contribution >= 4 is 41.6 Å². The zero-order valence-corrected chi connectivity index (χ0v) is 13.4. The molecule has 0 aromatic heterocycles. The van der Waals surface area contributed by atoms with Crippen LogP contribution in [0.4, 0.5) is 10.1 Å². The van der Waals surface area contributed by atoms with E-state index in [1.807, 2.05) is 0 Å². The summed E-state index contributed by atoms with van der Waals surface area (Å²) in [5.74, 6) is -1.71. The molecule has 1 aliphatic rings. The Labute approximate surface area is 130 Å². The average Bonchev–Trinajstić information content (AvgIpc) is 2.63. The molecule has 2 rings (SSSR count). The molecule has 1 aromatic rings. The van der Waals surface area contributed by atoms with Crippen LogP contribution in [-0.4, -0.2) is 29.3 Å². The Balaban J connectivity index is 2.63. The van der Waals surface area contributed by atoms with E-state index in [1.54, 1.807) is 0 Å². The summed E-state index contributed by atoms with van der Waals surface area (Å²) in [7, 11) is -3.75. The summed E-state index contributed by atoms with van der Waals surface area (Å²) in [6.45, 7) is 0.908. The maximum atomic E-state index is 13.9. The van der Waals surface area contributed by atoms with Gasteiger partial charge in [0.05, 0.1) is 12.2 Å². The molecule has 0 spiro atoms. The van der Waals surface area contributed by atoms with Crippen molar-refractivity contribution in [3.8, 4) is 0 Å². The van der Waals surface area contributed by atoms with Gasteiger partial charge < -0.3 is 4.90 Å². The highest BCUT2D eigenvalue weighted by Gasteiger charge is 2.36. The topological polar surface area (TPSA) is 124 Å². The maximum Gasteiger partial charge on any atom is 0.356 e. The second-order valence-electron chi connectivity index (χ2n) is 4.49. The molecule has 0 saturated heterocycles. The third kappa shape index (κ3) is 3.38. The molecule has 0 fully saturated rings. The smallest absolute Gasteiger partial charge is 0.309 e. The Morgan fingerprint density at radius 2 is 2.00 bits per heavy atom. The van der Waals surface area contributed by atoms with E-state index >= 15 is 0 Å². The van der Waals surface area contributed by atoms with Crippen LogP contribution in [0.2, 0.25) is 0 Å². The van der Waals surface area contributed by atoms with E-state index in [1.165, 1.54) is 6.92 Å². The summed E-state index contributed by atoms with van der Waals surface area (Å²) in [5, 5.41) is 4.89. The van der Waals surface area contributed by atoms with Gasteiger partial charge in [0.1, 0.15) is 16.8 Å². The standard InChI is InChI=1S/C10H10ClFN2O6S2/c1-5(15)14-4-9(20-22(11,18)19)6-2-7(12)10(3-8(6)14)21(13,16)17/h2-3,9H,4H2,1H3,(H2,13,16,17). The zero-order chi connectivity index (χ0) is 16.9. The number of fused-ring (bicyclic) bond motifs is 1. The maximum absolute atomic E-state index is 13.9. The molecule has 8 nitrogen and oxygen atoms in total. The van der Waals surface area contributed by atoms with Crippen molar-refractivity contribution in [1.82, 2.24) is 0 Å². The Morgan fingerprint density at radius 1 is 1.41 bits per heavy atom. The molecule has 1 unspecified atom stereocenters. The van der Waals surface area contributed by atoms with Crippen molar-refractivity contribution in [2.45, 2.75) is 17.9 Å². The van der Waals surface area contributed by atoms with Crippen LogP contribution in [0.15, 0.2) is 17.0 Å². The van der Waals surface area contributed by atoms with Crippen molar-refractivity contribution < 1.29 is 30.2 Å². The van der Waals surface area contributed by atoms with E-state index in [0.29, 0.717) is 0 Å². The van der Waals surface area contributed by atoms with Crippen LogP contribution in [0.1, 0.15) is 18.6 Å². The second-order valence-corrected chi connectivity index (χ2v) is 8.14. The highest BCUT2D eigenvalue weighted by atomic mass is 35.7. The Kier molecular flexibility index (Phi) is 4.21. The summed E-state index contributed by atoms with van der Waals surface area (Å²) >= 11 is 0. The van der Waals surface area contributed by atoms with E-state index < -0.39 is 42.1 Å². The van der Waals surface area contributed by atoms with Gasteiger partial charge in [-0.05, 0) is 12.1 Å². The summed E-state index contributed by atoms with van der Waals surface area (Å²) < 4.78 is 63.1. The summed E-state index contributed by atoms with van der Waals surface area (Å²) in [6, 6.07) is 1.61. The number of carbonyl (C=O) groups is 1. The number of carbonyl (C=O) groups excluding carboxylic acids is 1. The van der Waals surface area contributed by atoms with Crippen LogP contribution in [0.5, 0.6) is 0 Å². The third-order valence-corrected chi connectivity index (χ3v) is 4.59. The number of rotatable bonds is 3. The number of hydrogen-bond acceptors (Lipinski definition) is 6. The van der Waals surface area contributed by atoms with Crippen molar-refractivity contribution in [2.75, 3.05) is 11.4 Å². The number of sulfonamides is 1. The fraction of sp³-hybridized carbons (Fsp3) is 0.300. The first kappa shape index (κ1) is 17.1. The number of primary sulfonamides is 1. The van der Waals surface area contributed by atoms with Gasteiger partial charge in [-0.2, -0.15) is 8.42 Å². The first-order valence-corrected chi connectivity index (χ1v) is 9.45. The van der Waals surface area contributed by atoms with Crippen LogP contribution in [-0.2, 0) is 28.3 Å². The minimum Gasteiger partial charge on any atom is -0.309 e. The summed E-state index contributed by atoms with van der Waals surface area (Å²) in [4.78, 5) is 11.8. The predicted octanol–water partition coefficient (Wildman–Crippen LogP) is 0.381. The molecule has 2 N–H and O–H groups in total. The molecular formula is C10H10ClFN2O6S2. The molecule has 122 valence electrons. The largest absolute Gasteiger partial charge is 0.356 e. The molecule has 1 aliphatic heterocycles. The lowest BCUT2D eigenvalue weighted by atomic mass is 10.1. The minimum absolute atomic E-state index is 0.0109. The molecule has 0 saturated carbocycles. The van der Waals surface area contributed by atoms with Gasteiger partial charge in [-0.25, -0.2) is 22.1 Å². The van der Waals surface area contributed by atoms with Gasteiger partial charge >= 0.3 is 9.33 Å². The predicted molar refractivity (Wildman–Crippen MR) is 74.4 cm³/mol. The number of nitrogens with zero attached hydrogens (tertiary/aromatic N) is 1. The lowest BCUT2D eigenvalue weighted by Crippen LogP contribution is -2.28. The fourth-order valence-corrected chi connectivity index (χ4v) is 3.46. The van der Waals surface area contributed by atoms with Crippen molar-refractivity contribution in [2.24, 2.45) is 5.14 Å². The number of anilines is 1. The van der Waals surface area contributed by atoms with Gasteiger partial charge in [-0.3, -0.25) is 4.79 Å². The molecule has 1 atom stereocenters. The van der Waals surface area contributed by atoms with Gasteiger partial charge in [0.25, 0.3) is 0 Å². The first-order chi connectivity index (χ1) is 9.90. The average molecular weight is 373 g/mol. The van der Waals surface area contributed by atoms with Crippen molar-refractivity contribution in [1.29, 1.82) is 0 Å². The first-order valence-electron chi connectivity index (χ1n) is 5.67. The molecule has 0 radical (unpaired) electrons. The molecule has 1 amide bonds. The van der Waals surface area contributed by atoms with Crippen LogP contribution in [0.3, 0.4) is 0 Å². The summed E-state index contributed by atoms with van der Waals surface area (Å²) in [5.41, 5.74) is -0.0347. The van der Waals surface area contributed by atoms with Gasteiger partial charge in [0, 0.05) is 23.2 Å². The molecule has 1 aromatic carbocycles. The third-order valence-electron chi connectivity index (χ3n) is 2.98. The Morgan fingerprint density at radius 3 is 2.45 bits per heavy atom. The fourth-order valence-electron chi connectivity index (χ4n) is 2.15. The van der Waals surface area contributed by atoms with E-state index in [4.69, 9.17) is 15.8 Å². The van der Waals surface area contributed by atoms with Gasteiger partial charge in [0.15, 0.2) is 0 Å². The summed E-state index contributed by atoms with van der Waals surface area (Å²) in [6.07, 6.45) is -1.24. The quantitative estimate of drug-likeness (QED) is 0.765. The normalized spacial score (nSPS) is 18.4. The molecule has 1 heterocycles. The highest BCUT2D eigenvalue weighted by molar-refractivity contribution is 8.10. The lowest BCUT2D eigenvalue weighted by molar-refractivity contribution is -0.116. The monoisotopic (exact) mass is 372 g/mol. The van der Waals surface area contributed by atoms with E-state index in [0.717, 1.165) is 17.0 Å². The van der Waals surface area contributed by atoms with Crippen molar-refractivity contribution in [3.63, 3.8) is 0 Å². The minimum atomic E-state index is -4.38. The number of halogens is 2. The van der Waals surface area contributed by atoms with E-state index in [9.17, 15) is 26.0 Å². The lowest BCUT2D eigenvalue weighted by Gasteiger charge is -2.15. The SMILES string of the molecule is CC(=O)N1CC(OS(=O)(=O)Cl)c2cc(F)c(S(N)(=O)=O)cc21. The number of amides is 1. The number of benzene rings is 1. The molecule has 0 aliphatic carbocycles. The van der Waals surface area contributed by atoms with Crippen molar-refractivity contribution in [3.05, 3.63) is 23.5 Å². The van der Waals surface area contributed by atoms with Crippen LogP contribution >= 0.6 is 10.7 Å². The molecule has 0 bridgehead atoms. The van der Waals surface area contributed by atoms with Gasteiger partial charge in [-0.1, -0.05) is 0 Å². The number of nitrogens with two attached hydrogens (primary N) is 1. The second kappa shape index (κ2) is 5.42. The van der Waals surface area contributed by atoms with Crippen LogP contribution in [0.25, 0.3) is 0 Å². The molecule has 12 heteroatoms. The number of hydrogen-bond donors (Lipinski definition) is 1. The van der Waals surface area contributed by atoms with Crippen LogP contribution < -0.4 is 10.0 Å². The van der Waals surface area contributed by atoms with E-state index in [-0.39, 0.29) is 17.8 Å². The molecule has 22 heavy (non-hydrogen) atoms. The Bertz CT molecular complexity index is 854.